The molecule has 0 atom stereocenters. The highest BCUT2D eigenvalue weighted by Crippen LogP contribution is 2.25. The summed E-state index contributed by atoms with van der Waals surface area (Å²) in [5.41, 5.74) is 0.604. The molecule has 5 heteroatoms. The predicted molar refractivity (Wildman–Crippen MR) is 66.7 cm³/mol. The molecule has 1 aromatic heterocycles. The molecule has 1 N–H and O–H groups in total. The van der Waals surface area contributed by atoms with Gasteiger partial charge in [-0.2, -0.15) is 0 Å². The first-order valence-electron chi connectivity index (χ1n) is 5.62. The zero-order valence-corrected chi connectivity index (χ0v) is 10.2. The lowest BCUT2D eigenvalue weighted by Gasteiger charge is -2.14. The third kappa shape index (κ3) is 2.88. The van der Waals surface area contributed by atoms with Crippen molar-refractivity contribution in [3.05, 3.63) is 42.6 Å². The monoisotopic (exact) mass is 246 g/mol. The summed E-state index contributed by atoms with van der Waals surface area (Å²) in [5.74, 6) is 0.432. The summed E-state index contributed by atoms with van der Waals surface area (Å²) in [4.78, 5) is 15.5. The summed E-state index contributed by atoms with van der Waals surface area (Å²) < 4.78 is 10.5. The van der Waals surface area contributed by atoms with Gasteiger partial charge in [-0.25, -0.2) is 4.98 Å². The van der Waals surface area contributed by atoms with Gasteiger partial charge in [0.2, 0.25) is 5.76 Å². The second-order valence-electron chi connectivity index (χ2n) is 3.98. The van der Waals surface area contributed by atoms with Crippen molar-refractivity contribution in [2.75, 3.05) is 5.32 Å². The van der Waals surface area contributed by atoms with Crippen LogP contribution in [-0.2, 0) is 0 Å². The topological polar surface area (TPSA) is 64.4 Å². The Labute approximate surface area is 105 Å². The Balaban J connectivity index is 2.16. The summed E-state index contributed by atoms with van der Waals surface area (Å²) in [7, 11) is 0. The van der Waals surface area contributed by atoms with Crippen LogP contribution in [0.3, 0.4) is 0 Å². The van der Waals surface area contributed by atoms with E-state index in [1.54, 1.807) is 12.1 Å². The molecule has 2 aromatic rings. The maximum atomic E-state index is 11.8. The van der Waals surface area contributed by atoms with Gasteiger partial charge in [-0.05, 0) is 26.0 Å². The number of oxazole rings is 1. The first-order valence-corrected chi connectivity index (χ1v) is 5.62. The van der Waals surface area contributed by atoms with Crippen LogP contribution in [0.1, 0.15) is 24.4 Å². The van der Waals surface area contributed by atoms with Gasteiger partial charge in [0.25, 0.3) is 5.91 Å². The number of aromatic nitrogens is 1. The van der Waals surface area contributed by atoms with Crippen molar-refractivity contribution < 1.29 is 13.9 Å². The van der Waals surface area contributed by atoms with Crippen LogP contribution < -0.4 is 10.1 Å². The van der Waals surface area contributed by atoms with Gasteiger partial charge in [-0.1, -0.05) is 12.1 Å². The molecule has 0 fully saturated rings. The van der Waals surface area contributed by atoms with Gasteiger partial charge in [-0.15, -0.1) is 0 Å². The molecular formula is C13H14N2O3. The van der Waals surface area contributed by atoms with Crippen molar-refractivity contribution >= 4 is 11.6 Å². The Morgan fingerprint density at radius 2 is 2.17 bits per heavy atom. The second kappa shape index (κ2) is 5.35. The van der Waals surface area contributed by atoms with Gasteiger partial charge in [0.1, 0.15) is 5.75 Å². The quantitative estimate of drug-likeness (QED) is 0.900. The van der Waals surface area contributed by atoms with E-state index >= 15 is 0 Å². The van der Waals surface area contributed by atoms with E-state index in [0.29, 0.717) is 11.4 Å². The maximum absolute atomic E-state index is 11.8. The molecule has 1 aromatic carbocycles. The van der Waals surface area contributed by atoms with Gasteiger partial charge in [-0.3, -0.25) is 4.79 Å². The Bertz CT molecular complexity index is 521. The Morgan fingerprint density at radius 1 is 1.39 bits per heavy atom. The molecular weight excluding hydrogens is 232 g/mol. The highest BCUT2D eigenvalue weighted by atomic mass is 16.5. The molecule has 1 amide bonds. The number of para-hydroxylation sites is 2. The Kier molecular flexibility index (Phi) is 3.62. The maximum Gasteiger partial charge on any atom is 0.293 e. The molecule has 0 aliphatic carbocycles. The molecule has 5 nitrogen and oxygen atoms in total. The van der Waals surface area contributed by atoms with E-state index in [1.807, 2.05) is 26.0 Å². The smallest absolute Gasteiger partial charge is 0.293 e. The van der Waals surface area contributed by atoms with Crippen LogP contribution in [0, 0.1) is 0 Å². The van der Waals surface area contributed by atoms with E-state index in [9.17, 15) is 4.79 Å². The van der Waals surface area contributed by atoms with Gasteiger partial charge >= 0.3 is 0 Å². The first kappa shape index (κ1) is 12.2. The highest BCUT2D eigenvalue weighted by Gasteiger charge is 2.12. The molecule has 94 valence electrons. The molecule has 1 heterocycles. The molecule has 0 radical (unpaired) electrons. The minimum atomic E-state index is -0.354. The minimum Gasteiger partial charge on any atom is -0.489 e. The fourth-order valence-corrected chi connectivity index (χ4v) is 1.44. The second-order valence-corrected chi connectivity index (χ2v) is 3.98. The molecule has 0 spiro atoms. The number of rotatable bonds is 4. The Morgan fingerprint density at radius 3 is 2.83 bits per heavy atom. The van der Waals surface area contributed by atoms with E-state index in [2.05, 4.69) is 10.3 Å². The van der Waals surface area contributed by atoms with Crippen molar-refractivity contribution in [3.63, 3.8) is 0 Å². The molecule has 0 aliphatic heterocycles. The summed E-state index contributed by atoms with van der Waals surface area (Å²) in [6.07, 6.45) is 2.61. The summed E-state index contributed by atoms with van der Waals surface area (Å²) in [6, 6.07) is 7.24. The van der Waals surface area contributed by atoms with Crippen molar-refractivity contribution in [1.82, 2.24) is 4.98 Å². The molecule has 2 rings (SSSR count). The minimum absolute atomic E-state index is 0.0355. The van der Waals surface area contributed by atoms with E-state index in [1.165, 1.54) is 12.6 Å². The Hall–Kier alpha value is -2.30. The molecule has 0 saturated carbocycles. The number of nitrogens with one attached hydrogen (secondary N) is 1. The molecule has 18 heavy (non-hydrogen) atoms. The number of carbonyl (C=O) groups excluding carboxylic acids is 1. The lowest BCUT2D eigenvalue weighted by Crippen LogP contribution is -2.13. The largest absolute Gasteiger partial charge is 0.489 e. The van der Waals surface area contributed by atoms with Gasteiger partial charge in [0, 0.05) is 0 Å². The molecule has 0 saturated heterocycles. The lowest BCUT2D eigenvalue weighted by atomic mass is 10.2. The zero-order valence-electron chi connectivity index (χ0n) is 10.2. The number of benzene rings is 1. The average Bonchev–Trinajstić information content (AvgIpc) is 2.84. The van der Waals surface area contributed by atoms with Crippen LogP contribution >= 0.6 is 0 Å². The van der Waals surface area contributed by atoms with Crippen molar-refractivity contribution in [2.45, 2.75) is 20.0 Å². The summed E-state index contributed by atoms with van der Waals surface area (Å²) >= 11 is 0. The van der Waals surface area contributed by atoms with E-state index in [4.69, 9.17) is 9.15 Å². The fourth-order valence-electron chi connectivity index (χ4n) is 1.44. The van der Waals surface area contributed by atoms with Gasteiger partial charge in [0.05, 0.1) is 18.0 Å². The van der Waals surface area contributed by atoms with Crippen LogP contribution in [-0.4, -0.2) is 17.0 Å². The van der Waals surface area contributed by atoms with Crippen molar-refractivity contribution in [1.29, 1.82) is 0 Å². The zero-order chi connectivity index (χ0) is 13.0. The van der Waals surface area contributed by atoms with Crippen LogP contribution in [0.2, 0.25) is 0 Å². The average molecular weight is 246 g/mol. The number of ether oxygens (including phenoxy) is 1. The van der Waals surface area contributed by atoms with Crippen LogP contribution in [0.4, 0.5) is 5.69 Å². The van der Waals surface area contributed by atoms with E-state index < -0.39 is 0 Å². The summed E-state index contributed by atoms with van der Waals surface area (Å²) in [5, 5.41) is 2.72. The number of amides is 1. The van der Waals surface area contributed by atoms with E-state index in [0.717, 1.165) is 0 Å². The van der Waals surface area contributed by atoms with Crippen LogP contribution in [0.5, 0.6) is 5.75 Å². The van der Waals surface area contributed by atoms with E-state index in [-0.39, 0.29) is 17.8 Å². The standard InChI is InChI=1S/C13H14N2O3/c1-9(2)18-11-6-4-3-5-10(11)15-13(16)12-7-14-8-17-12/h3-9H,1-2H3,(H,15,16). The molecule has 0 unspecified atom stereocenters. The van der Waals surface area contributed by atoms with Crippen LogP contribution in [0.15, 0.2) is 41.3 Å². The third-order valence-electron chi connectivity index (χ3n) is 2.15. The van der Waals surface area contributed by atoms with Crippen molar-refractivity contribution in [3.8, 4) is 5.75 Å². The fraction of sp³-hybridized carbons (Fsp3) is 0.231. The van der Waals surface area contributed by atoms with Gasteiger partial charge in [0.15, 0.2) is 6.39 Å². The SMILES string of the molecule is CC(C)Oc1ccccc1NC(=O)c1cnco1. The molecule has 0 bridgehead atoms. The number of anilines is 1. The third-order valence-corrected chi connectivity index (χ3v) is 2.15. The number of hydrogen-bond acceptors (Lipinski definition) is 4. The normalized spacial score (nSPS) is 10.4. The number of carbonyl (C=O) groups is 1. The number of nitrogens with zero attached hydrogens (tertiary/aromatic N) is 1. The summed E-state index contributed by atoms with van der Waals surface area (Å²) in [6.45, 7) is 3.85. The predicted octanol–water partition coefficient (Wildman–Crippen LogP) is 2.71. The molecule has 0 aliphatic rings. The van der Waals surface area contributed by atoms with Gasteiger partial charge < -0.3 is 14.5 Å². The van der Waals surface area contributed by atoms with Crippen LogP contribution in [0.25, 0.3) is 0 Å². The highest BCUT2D eigenvalue weighted by molar-refractivity contribution is 6.02. The lowest BCUT2D eigenvalue weighted by molar-refractivity contribution is 0.0996. The number of hydrogen-bond donors (Lipinski definition) is 1. The first-order chi connectivity index (χ1) is 8.66. The van der Waals surface area contributed by atoms with Crippen molar-refractivity contribution in [2.24, 2.45) is 0 Å².